The third-order valence-corrected chi connectivity index (χ3v) is 5.49. The molecule has 2 aromatic rings. The van der Waals surface area contributed by atoms with Crippen molar-refractivity contribution in [2.45, 2.75) is 13.3 Å². The van der Waals surface area contributed by atoms with E-state index in [0.717, 1.165) is 27.8 Å². The summed E-state index contributed by atoms with van der Waals surface area (Å²) in [6.45, 7) is 1.89. The summed E-state index contributed by atoms with van der Waals surface area (Å²) in [5, 5.41) is 3.33. The molecule has 1 heterocycles. The van der Waals surface area contributed by atoms with Crippen molar-refractivity contribution in [2.24, 2.45) is 0 Å². The summed E-state index contributed by atoms with van der Waals surface area (Å²) >= 11 is 12.8. The number of hydrogen-bond donors (Lipinski definition) is 1. The Kier molecular flexibility index (Phi) is 6.44. The summed E-state index contributed by atoms with van der Waals surface area (Å²) < 4.78 is 0. The van der Waals surface area contributed by atoms with Crippen LogP contribution in [0, 0.1) is 6.92 Å². The van der Waals surface area contributed by atoms with Crippen molar-refractivity contribution in [1.82, 2.24) is 4.90 Å². The molecule has 2 aromatic carbocycles. The van der Waals surface area contributed by atoms with Crippen LogP contribution in [-0.2, 0) is 9.59 Å². The average molecular weight is 435 g/mol. The Balaban J connectivity index is 1.62. The molecule has 1 fully saturated rings. The minimum atomic E-state index is -0.411. The smallest absolute Gasteiger partial charge is 0.293 e. The average Bonchev–Trinajstić information content (AvgIpc) is 2.91. The normalized spacial score (nSPS) is 15.4. The van der Waals surface area contributed by atoms with Gasteiger partial charge in [0.15, 0.2) is 0 Å². The van der Waals surface area contributed by atoms with Crippen LogP contribution >= 0.6 is 35.0 Å². The molecule has 144 valence electrons. The molecule has 0 atom stereocenters. The van der Waals surface area contributed by atoms with E-state index in [0.29, 0.717) is 20.6 Å². The highest BCUT2D eigenvalue weighted by Gasteiger charge is 2.35. The second kappa shape index (κ2) is 8.82. The van der Waals surface area contributed by atoms with Gasteiger partial charge >= 0.3 is 0 Å². The number of hydrogen-bond acceptors (Lipinski definition) is 4. The van der Waals surface area contributed by atoms with Gasteiger partial charge in [-0.15, -0.1) is 0 Å². The minimum Gasteiger partial charge on any atom is -0.325 e. The van der Waals surface area contributed by atoms with Gasteiger partial charge in [0.05, 0.1) is 15.6 Å². The maximum absolute atomic E-state index is 12.5. The van der Waals surface area contributed by atoms with Crippen molar-refractivity contribution in [2.75, 3.05) is 11.9 Å². The van der Waals surface area contributed by atoms with Crippen LogP contribution in [0.4, 0.5) is 10.5 Å². The van der Waals surface area contributed by atoms with Gasteiger partial charge in [0.1, 0.15) is 0 Å². The zero-order valence-electron chi connectivity index (χ0n) is 14.9. The van der Waals surface area contributed by atoms with Crippen LogP contribution in [0.1, 0.15) is 17.5 Å². The topological polar surface area (TPSA) is 66.5 Å². The summed E-state index contributed by atoms with van der Waals surface area (Å²) in [6, 6.07) is 12.2. The second-order valence-corrected chi connectivity index (χ2v) is 8.00. The number of nitrogens with one attached hydrogen (secondary N) is 1. The van der Waals surface area contributed by atoms with Crippen molar-refractivity contribution >= 4 is 63.8 Å². The number of rotatable bonds is 5. The fourth-order valence-corrected chi connectivity index (χ4v) is 3.72. The molecule has 0 aliphatic carbocycles. The van der Waals surface area contributed by atoms with Gasteiger partial charge in [0, 0.05) is 18.0 Å². The maximum atomic E-state index is 12.5. The molecule has 0 unspecified atom stereocenters. The van der Waals surface area contributed by atoms with Crippen molar-refractivity contribution < 1.29 is 14.4 Å². The number of halogens is 2. The fourth-order valence-electron chi connectivity index (χ4n) is 2.56. The van der Waals surface area contributed by atoms with E-state index >= 15 is 0 Å². The Bertz CT molecular complexity index is 974. The Hall–Kier alpha value is -2.28. The van der Waals surface area contributed by atoms with Gasteiger partial charge in [-0.25, -0.2) is 0 Å². The lowest BCUT2D eigenvalue weighted by Crippen LogP contribution is -2.31. The van der Waals surface area contributed by atoms with Gasteiger partial charge in [-0.1, -0.05) is 41.4 Å². The summed E-state index contributed by atoms with van der Waals surface area (Å²) in [7, 11) is 0. The monoisotopic (exact) mass is 434 g/mol. The number of carbonyl (C=O) groups excluding carboxylic acids is 3. The fraction of sp³-hybridized carbons (Fsp3) is 0.150. The lowest BCUT2D eigenvalue weighted by Gasteiger charge is -2.13. The first-order valence-corrected chi connectivity index (χ1v) is 9.97. The number of imide groups is 1. The molecule has 0 spiro atoms. The lowest BCUT2D eigenvalue weighted by atomic mass is 10.2. The maximum Gasteiger partial charge on any atom is 0.293 e. The summed E-state index contributed by atoms with van der Waals surface area (Å²) in [6.07, 6.45) is 1.62. The summed E-state index contributed by atoms with van der Waals surface area (Å²) in [5.74, 6) is -0.737. The number of amides is 3. The van der Waals surface area contributed by atoms with Crippen molar-refractivity contribution in [1.29, 1.82) is 0 Å². The highest BCUT2D eigenvalue weighted by molar-refractivity contribution is 8.18. The van der Waals surface area contributed by atoms with Gasteiger partial charge in [0.2, 0.25) is 5.91 Å². The Labute approximate surface area is 176 Å². The number of thioether (sulfide) groups is 1. The van der Waals surface area contributed by atoms with Crippen LogP contribution in [0.2, 0.25) is 10.0 Å². The molecule has 1 saturated heterocycles. The van der Waals surface area contributed by atoms with Crippen LogP contribution in [-0.4, -0.2) is 28.5 Å². The van der Waals surface area contributed by atoms with Gasteiger partial charge in [-0.2, -0.15) is 0 Å². The Morgan fingerprint density at radius 3 is 2.57 bits per heavy atom. The summed E-state index contributed by atoms with van der Waals surface area (Å²) in [4.78, 5) is 38.2. The van der Waals surface area contributed by atoms with E-state index in [9.17, 15) is 14.4 Å². The summed E-state index contributed by atoms with van der Waals surface area (Å²) in [5.41, 5.74) is 2.23. The van der Waals surface area contributed by atoms with E-state index in [1.54, 1.807) is 42.5 Å². The molecule has 5 nitrogen and oxygen atoms in total. The van der Waals surface area contributed by atoms with E-state index in [1.165, 1.54) is 0 Å². The zero-order chi connectivity index (χ0) is 20.3. The number of benzene rings is 2. The van der Waals surface area contributed by atoms with E-state index in [4.69, 9.17) is 23.2 Å². The molecule has 28 heavy (non-hydrogen) atoms. The van der Waals surface area contributed by atoms with E-state index in [-0.39, 0.29) is 18.9 Å². The third kappa shape index (κ3) is 4.95. The molecular weight excluding hydrogens is 419 g/mol. The van der Waals surface area contributed by atoms with Crippen LogP contribution in [0.5, 0.6) is 0 Å². The zero-order valence-corrected chi connectivity index (χ0v) is 17.2. The highest BCUT2D eigenvalue weighted by atomic mass is 35.5. The SMILES string of the molecule is Cc1ccc(Cl)c(NC(=O)CCN2C(=O)S/C(=C\c3ccc(Cl)cc3)C2=O)c1. The molecule has 8 heteroatoms. The van der Waals surface area contributed by atoms with Crippen molar-refractivity contribution in [3.8, 4) is 0 Å². The van der Waals surface area contributed by atoms with Gasteiger partial charge in [-0.05, 0) is 60.2 Å². The molecule has 3 amide bonds. The quantitative estimate of drug-likeness (QED) is 0.642. The predicted molar refractivity (Wildman–Crippen MR) is 114 cm³/mol. The molecule has 1 aliphatic heterocycles. The van der Waals surface area contributed by atoms with E-state index in [2.05, 4.69) is 5.32 Å². The second-order valence-electron chi connectivity index (χ2n) is 6.17. The predicted octanol–water partition coefficient (Wildman–Crippen LogP) is 5.37. The third-order valence-electron chi connectivity index (χ3n) is 4.00. The Morgan fingerprint density at radius 1 is 1.14 bits per heavy atom. The number of carbonyl (C=O) groups is 3. The first-order chi connectivity index (χ1) is 13.3. The van der Waals surface area contributed by atoms with Gasteiger partial charge in [-0.3, -0.25) is 19.3 Å². The highest BCUT2D eigenvalue weighted by Crippen LogP contribution is 2.32. The first-order valence-electron chi connectivity index (χ1n) is 8.40. The van der Waals surface area contributed by atoms with Crippen LogP contribution in [0.15, 0.2) is 47.4 Å². The molecule has 0 aromatic heterocycles. The lowest BCUT2D eigenvalue weighted by molar-refractivity contribution is -0.123. The minimum absolute atomic E-state index is 0.00209. The molecule has 0 saturated carbocycles. The molecule has 1 aliphatic rings. The molecule has 0 radical (unpaired) electrons. The molecule has 3 rings (SSSR count). The van der Waals surface area contributed by atoms with Gasteiger partial charge in [0.25, 0.3) is 11.1 Å². The first kappa shape index (κ1) is 20.5. The van der Waals surface area contributed by atoms with Crippen molar-refractivity contribution in [3.63, 3.8) is 0 Å². The van der Waals surface area contributed by atoms with Crippen LogP contribution < -0.4 is 5.32 Å². The number of aryl methyl sites for hydroxylation is 1. The van der Waals surface area contributed by atoms with E-state index < -0.39 is 11.1 Å². The standard InChI is InChI=1S/C20H16Cl2N2O3S/c1-12-2-7-15(22)16(10-12)23-18(25)8-9-24-19(26)17(28-20(24)27)11-13-3-5-14(21)6-4-13/h2-7,10-11H,8-9H2,1H3,(H,23,25)/b17-11-. The number of nitrogens with zero attached hydrogens (tertiary/aromatic N) is 1. The van der Waals surface area contributed by atoms with Crippen molar-refractivity contribution in [3.05, 3.63) is 68.5 Å². The van der Waals surface area contributed by atoms with E-state index in [1.807, 2.05) is 13.0 Å². The van der Waals surface area contributed by atoms with Gasteiger partial charge < -0.3 is 5.32 Å². The molecule has 1 N–H and O–H groups in total. The number of anilines is 1. The van der Waals surface area contributed by atoms with Crippen LogP contribution in [0.3, 0.4) is 0 Å². The van der Waals surface area contributed by atoms with Crippen LogP contribution in [0.25, 0.3) is 6.08 Å². The Morgan fingerprint density at radius 2 is 1.86 bits per heavy atom. The molecule has 0 bridgehead atoms. The largest absolute Gasteiger partial charge is 0.325 e. The molecular formula is C20H16Cl2N2O3S.